The van der Waals surface area contributed by atoms with Crippen LogP contribution in [-0.4, -0.2) is 26.1 Å². The number of benzene rings is 1. The molecule has 1 saturated heterocycles. The second-order valence-electron chi connectivity index (χ2n) is 3.98. The Hall–Kier alpha value is -0.670. The van der Waals surface area contributed by atoms with Crippen molar-refractivity contribution in [3.8, 4) is 5.75 Å². The first-order valence-electron chi connectivity index (χ1n) is 5.14. The molecular weight excluding hydrogens is 208 g/mol. The van der Waals surface area contributed by atoms with E-state index in [1.54, 1.807) is 7.11 Å². The second-order valence-corrected chi connectivity index (χ2v) is 4.43. The van der Waals surface area contributed by atoms with Crippen LogP contribution in [0.2, 0.25) is 0 Å². The molecule has 0 bridgehead atoms. The molecule has 0 aromatic heterocycles. The summed E-state index contributed by atoms with van der Waals surface area (Å²) in [5.74, 6) is 1.80. The molecule has 0 amide bonds. The number of methoxy groups -OCH3 is 1. The summed E-state index contributed by atoms with van der Waals surface area (Å²) in [4.78, 5) is 0. The molecule has 1 aromatic rings. The van der Waals surface area contributed by atoms with Crippen LogP contribution in [0.15, 0.2) is 24.3 Å². The summed E-state index contributed by atoms with van der Waals surface area (Å²) in [6.45, 7) is 1.61. The molecule has 0 spiro atoms. The van der Waals surface area contributed by atoms with E-state index in [-0.39, 0.29) is 5.41 Å². The third kappa shape index (κ3) is 1.99. The molecule has 15 heavy (non-hydrogen) atoms. The van der Waals surface area contributed by atoms with Gasteiger partial charge in [-0.25, -0.2) is 0 Å². The molecule has 1 heterocycles. The molecule has 1 aliphatic rings. The first kappa shape index (κ1) is 10.8. The van der Waals surface area contributed by atoms with Gasteiger partial charge in [-0.3, -0.25) is 0 Å². The first-order valence-corrected chi connectivity index (χ1v) is 5.77. The van der Waals surface area contributed by atoms with E-state index in [2.05, 4.69) is 24.8 Å². The van der Waals surface area contributed by atoms with Crippen LogP contribution in [0.25, 0.3) is 0 Å². The van der Waals surface area contributed by atoms with E-state index in [9.17, 15) is 0 Å². The molecular formula is C12H16O2S. The highest BCUT2D eigenvalue weighted by molar-refractivity contribution is 7.80. The number of ether oxygens (including phenoxy) is 2. The van der Waals surface area contributed by atoms with Crippen LogP contribution in [0, 0.1) is 0 Å². The summed E-state index contributed by atoms with van der Waals surface area (Å²) in [5.41, 5.74) is 1.48. The van der Waals surface area contributed by atoms with Gasteiger partial charge in [0.05, 0.1) is 20.3 Å². The standard InChI is InChI=1S/C12H16O2S/c1-13-11-4-2-3-10(7-11)12(5-6-15)8-14-9-12/h2-4,7,15H,5-6,8-9H2,1H3. The summed E-state index contributed by atoms with van der Waals surface area (Å²) in [7, 11) is 1.70. The first-order chi connectivity index (χ1) is 7.30. The van der Waals surface area contributed by atoms with Crippen LogP contribution in [0.1, 0.15) is 12.0 Å². The van der Waals surface area contributed by atoms with Gasteiger partial charge in [0.15, 0.2) is 0 Å². The quantitative estimate of drug-likeness (QED) is 0.791. The Balaban J connectivity index is 2.26. The topological polar surface area (TPSA) is 18.5 Å². The third-order valence-electron chi connectivity index (χ3n) is 3.03. The molecule has 3 heteroatoms. The average Bonchev–Trinajstić information content (AvgIpc) is 2.23. The van der Waals surface area contributed by atoms with Gasteiger partial charge in [0.25, 0.3) is 0 Å². The highest BCUT2D eigenvalue weighted by atomic mass is 32.1. The fraction of sp³-hybridized carbons (Fsp3) is 0.500. The smallest absolute Gasteiger partial charge is 0.119 e. The predicted octanol–water partition coefficient (Wildman–Crippen LogP) is 2.28. The molecule has 0 saturated carbocycles. The van der Waals surface area contributed by atoms with Gasteiger partial charge >= 0.3 is 0 Å². The van der Waals surface area contributed by atoms with Crippen LogP contribution in [-0.2, 0) is 10.2 Å². The van der Waals surface area contributed by atoms with Gasteiger partial charge in [0.2, 0.25) is 0 Å². The molecule has 0 radical (unpaired) electrons. The zero-order chi connectivity index (χ0) is 10.7. The Morgan fingerprint density at radius 2 is 2.27 bits per heavy atom. The van der Waals surface area contributed by atoms with Crippen molar-refractivity contribution in [2.24, 2.45) is 0 Å². The molecule has 1 fully saturated rings. The van der Waals surface area contributed by atoms with Crippen molar-refractivity contribution < 1.29 is 9.47 Å². The number of hydrogen-bond acceptors (Lipinski definition) is 3. The Kier molecular flexibility index (Phi) is 3.22. The Bertz CT molecular complexity index is 334. The van der Waals surface area contributed by atoms with Crippen molar-refractivity contribution in [3.63, 3.8) is 0 Å². The molecule has 2 nitrogen and oxygen atoms in total. The molecule has 0 aliphatic carbocycles. The summed E-state index contributed by atoms with van der Waals surface area (Å²) in [5, 5.41) is 0. The maximum atomic E-state index is 5.34. The van der Waals surface area contributed by atoms with Crippen molar-refractivity contribution in [2.75, 3.05) is 26.1 Å². The lowest BCUT2D eigenvalue weighted by molar-refractivity contribution is -0.0614. The van der Waals surface area contributed by atoms with Crippen molar-refractivity contribution in [2.45, 2.75) is 11.8 Å². The van der Waals surface area contributed by atoms with E-state index >= 15 is 0 Å². The van der Waals surface area contributed by atoms with Crippen molar-refractivity contribution >= 4 is 12.6 Å². The Morgan fingerprint density at radius 3 is 2.80 bits per heavy atom. The molecule has 1 aliphatic heterocycles. The summed E-state index contributed by atoms with van der Waals surface area (Å²) >= 11 is 4.31. The van der Waals surface area contributed by atoms with Crippen molar-refractivity contribution in [1.29, 1.82) is 0 Å². The zero-order valence-corrected chi connectivity index (χ0v) is 9.80. The van der Waals surface area contributed by atoms with E-state index < -0.39 is 0 Å². The van der Waals surface area contributed by atoms with Crippen LogP contribution >= 0.6 is 12.6 Å². The van der Waals surface area contributed by atoms with Crippen LogP contribution < -0.4 is 4.74 Å². The van der Waals surface area contributed by atoms with Gasteiger partial charge in [-0.05, 0) is 29.9 Å². The fourth-order valence-electron chi connectivity index (χ4n) is 1.97. The Labute approximate surface area is 96.0 Å². The zero-order valence-electron chi connectivity index (χ0n) is 8.90. The van der Waals surface area contributed by atoms with E-state index in [4.69, 9.17) is 9.47 Å². The van der Waals surface area contributed by atoms with Crippen molar-refractivity contribution in [3.05, 3.63) is 29.8 Å². The molecule has 0 unspecified atom stereocenters. The van der Waals surface area contributed by atoms with Gasteiger partial charge in [-0.2, -0.15) is 12.6 Å². The molecule has 1 aromatic carbocycles. The summed E-state index contributed by atoms with van der Waals surface area (Å²) in [6.07, 6.45) is 1.06. The minimum Gasteiger partial charge on any atom is -0.497 e. The largest absolute Gasteiger partial charge is 0.497 e. The molecule has 82 valence electrons. The van der Waals surface area contributed by atoms with Gasteiger partial charge in [0.1, 0.15) is 5.75 Å². The predicted molar refractivity (Wildman–Crippen MR) is 64.0 cm³/mol. The SMILES string of the molecule is COc1cccc(C2(CCS)COC2)c1. The summed E-state index contributed by atoms with van der Waals surface area (Å²) < 4.78 is 10.6. The maximum absolute atomic E-state index is 5.34. The molecule has 0 N–H and O–H groups in total. The van der Waals surface area contributed by atoms with Crippen LogP contribution in [0.3, 0.4) is 0 Å². The van der Waals surface area contributed by atoms with Gasteiger partial charge in [-0.15, -0.1) is 0 Å². The lowest BCUT2D eigenvalue weighted by Crippen LogP contribution is -2.47. The fourth-order valence-corrected chi connectivity index (χ4v) is 2.40. The van der Waals surface area contributed by atoms with E-state index in [1.807, 2.05) is 12.1 Å². The average molecular weight is 224 g/mol. The van der Waals surface area contributed by atoms with Crippen LogP contribution in [0.4, 0.5) is 0 Å². The monoisotopic (exact) mass is 224 g/mol. The number of rotatable bonds is 4. The van der Waals surface area contributed by atoms with Gasteiger partial charge < -0.3 is 9.47 Å². The lowest BCUT2D eigenvalue weighted by atomic mass is 9.76. The van der Waals surface area contributed by atoms with Crippen molar-refractivity contribution in [1.82, 2.24) is 0 Å². The molecule has 0 atom stereocenters. The highest BCUT2D eigenvalue weighted by Gasteiger charge is 2.39. The van der Waals surface area contributed by atoms with E-state index in [1.165, 1.54) is 5.56 Å². The Morgan fingerprint density at radius 1 is 1.47 bits per heavy atom. The van der Waals surface area contributed by atoms with E-state index in [0.29, 0.717) is 0 Å². The number of hydrogen-bond donors (Lipinski definition) is 1. The van der Waals surface area contributed by atoms with E-state index in [0.717, 1.165) is 31.1 Å². The van der Waals surface area contributed by atoms with Crippen LogP contribution in [0.5, 0.6) is 5.75 Å². The lowest BCUT2D eigenvalue weighted by Gasteiger charge is -2.42. The molecule has 2 rings (SSSR count). The highest BCUT2D eigenvalue weighted by Crippen LogP contribution is 2.37. The minimum atomic E-state index is 0.177. The number of thiol groups is 1. The van der Waals surface area contributed by atoms with Gasteiger partial charge in [-0.1, -0.05) is 12.1 Å². The second kappa shape index (κ2) is 4.45. The van der Waals surface area contributed by atoms with Gasteiger partial charge in [0, 0.05) is 5.41 Å². The maximum Gasteiger partial charge on any atom is 0.119 e. The summed E-state index contributed by atoms with van der Waals surface area (Å²) in [6, 6.07) is 8.25. The normalized spacial score (nSPS) is 18.3. The third-order valence-corrected chi connectivity index (χ3v) is 3.25. The minimum absolute atomic E-state index is 0.177.